The van der Waals surface area contributed by atoms with E-state index in [0.717, 1.165) is 36.4 Å². The second-order valence-corrected chi connectivity index (χ2v) is 7.79. The number of methoxy groups -OCH3 is 2. The van der Waals surface area contributed by atoms with Gasteiger partial charge in [0.15, 0.2) is 0 Å². The molecule has 0 aliphatic heterocycles. The molecule has 29 heavy (non-hydrogen) atoms. The van der Waals surface area contributed by atoms with Gasteiger partial charge >= 0.3 is 0 Å². The molecule has 0 heterocycles. The van der Waals surface area contributed by atoms with Gasteiger partial charge in [0, 0.05) is 60.8 Å². The summed E-state index contributed by atoms with van der Waals surface area (Å²) in [4.78, 5) is 20.3. The number of hydrogen-bond acceptors (Lipinski definition) is 5. The van der Waals surface area contributed by atoms with Crippen LogP contribution in [0, 0.1) is 5.92 Å². The minimum atomic E-state index is -0.451. The highest BCUT2D eigenvalue weighted by molar-refractivity contribution is 5.92. The summed E-state index contributed by atoms with van der Waals surface area (Å²) in [6, 6.07) is 5.98. The monoisotopic (exact) mass is 407 g/mol. The van der Waals surface area contributed by atoms with E-state index in [0.29, 0.717) is 5.92 Å². The molecule has 0 fully saturated rings. The predicted molar refractivity (Wildman–Crippen MR) is 125 cm³/mol. The van der Waals surface area contributed by atoms with Crippen molar-refractivity contribution in [3.63, 3.8) is 0 Å². The third-order valence-corrected chi connectivity index (χ3v) is 4.96. The molecule has 166 valence electrons. The molecule has 0 saturated heterocycles. The fraction of sp³-hybridized carbons (Fsp3) is 0.652. The molecular formula is C23H41N3O3. The maximum absolute atomic E-state index is 11.7. The smallest absolute Gasteiger partial charge is 0.223 e. The minimum Gasteiger partial charge on any atom is -0.388 e. The van der Waals surface area contributed by atoms with Gasteiger partial charge in [0.25, 0.3) is 0 Å². The topological polar surface area (TPSA) is 54.4 Å². The van der Waals surface area contributed by atoms with Gasteiger partial charge in [-0.3, -0.25) is 9.79 Å². The Morgan fingerprint density at radius 2 is 1.72 bits per heavy atom. The molecule has 0 aromatic heterocycles. The molecule has 0 unspecified atom stereocenters. The second kappa shape index (κ2) is 13.3. The van der Waals surface area contributed by atoms with Gasteiger partial charge in [-0.15, -0.1) is 0 Å². The van der Waals surface area contributed by atoms with Gasteiger partial charge in [-0.05, 0) is 38.0 Å². The maximum atomic E-state index is 11.7. The van der Waals surface area contributed by atoms with Crippen LogP contribution in [0.1, 0.15) is 47.5 Å². The van der Waals surface area contributed by atoms with Crippen LogP contribution in [0.4, 0.5) is 17.1 Å². The van der Waals surface area contributed by atoms with Crippen LogP contribution in [0.2, 0.25) is 0 Å². The molecule has 0 atom stereocenters. The molecule has 0 saturated carbocycles. The largest absolute Gasteiger partial charge is 0.388 e. The SMILES string of the molecule is CCC(CC)CN(C)c1ccc(N(C)C(C)=O)cc1N=CC(C)(C)OC.COC. The van der Waals surface area contributed by atoms with Crippen molar-refractivity contribution in [3.05, 3.63) is 18.2 Å². The van der Waals surface area contributed by atoms with Crippen LogP contribution in [0.5, 0.6) is 0 Å². The molecule has 1 amide bonds. The lowest BCUT2D eigenvalue weighted by Crippen LogP contribution is -2.26. The van der Waals surface area contributed by atoms with Gasteiger partial charge in [-0.25, -0.2) is 0 Å². The molecule has 0 aliphatic rings. The zero-order valence-electron chi connectivity index (χ0n) is 20.1. The van der Waals surface area contributed by atoms with Gasteiger partial charge in [0.05, 0.1) is 17.0 Å². The summed E-state index contributed by atoms with van der Waals surface area (Å²) in [6.45, 7) is 10.9. The lowest BCUT2D eigenvalue weighted by atomic mass is 10.0. The maximum Gasteiger partial charge on any atom is 0.223 e. The van der Waals surface area contributed by atoms with Crippen LogP contribution in [0.15, 0.2) is 23.2 Å². The highest BCUT2D eigenvalue weighted by atomic mass is 16.5. The Bertz CT molecular complexity index is 640. The Morgan fingerprint density at radius 1 is 1.17 bits per heavy atom. The number of carbonyl (C=O) groups excluding carboxylic acids is 1. The molecule has 0 bridgehead atoms. The number of ether oxygens (including phenoxy) is 2. The van der Waals surface area contributed by atoms with Crippen molar-refractivity contribution in [2.75, 3.05) is 51.8 Å². The molecule has 0 N–H and O–H groups in total. The number of aliphatic imine (C=N–C) groups is 1. The number of rotatable bonds is 9. The van der Waals surface area contributed by atoms with Crippen LogP contribution in [0.25, 0.3) is 0 Å². The second-order valence-electron chi connectivity index (χ2n) is 7.79. The molecule has 0 spiro atoms. The summed E-state index contributed by atoms with van der Waals surface area (Å²) in [6.07, 6.45) is 4.12. The molecule has 0 radical (unpaired) electrons. The summed E-state index contributed by atoms with van der Waals surface area (Å²) in [7, 11) is 8.80. The number of nitrogens with zero attached hydrogens (tertiary/aromatic N) is 3. The Labute approximate surface area is 177 Å². The number of benzene rings is 1. The molecule has 1 rings (SSSR count). The van der Waals surface area contributed by atoms with Crippen LogP contribution >= 0.6 is 0 Å². The van der Waals surface area contributed by atoms with E-state index in [2.05, 4.69) is 30.5 Å². The van der Waals surface area contributed by atoms with Crippen LogP contribution in [-0.4, -0.2) is 59.7 Å². The summed E-state index contributed by atoms with van der Waals surface area (Å²) >= 11 is 0. The minimum absolute atomic E-state index is 0.00437. The standard InChI is InChI=1S/C21H35N3O2.C2H6O/c1-9-17(10-2)14-23(6)20-12-11-18(24(7)16(3)25)13-19(20)22-15-21(4,5)26-8;1-3-2/h11-13,15,17H,9-10,14H2,1-8H3;1-2H3. The van der Waals surface area contributed by atoms with Gasteiger partial charge in [-0.1, -0.05) is 26.7 Å². The highest BCUT2D eigenvalue weighted by Crippen LogP contribution is 2.33. The van der Waals surface area contributed by atoms with E-state index in [9.17, 15) is 4.79 Å². The lowest BCUT2D eigenvalue weighted by Gasteiger charge is -2.27. The first-order valence-corrected chi connectivity index (χ1v) is 10.2. The van der Waals surface area contributed by atoms with Crippen molar-refractivity contribution in [1.82, 2.24) is 0 Å². The Kier molecular flexibility index (Phi) is 12.4. The van der Waals surface area contributed by atoms with Crippen LogP contribution in [-0.2, 0) is 14.3 Å². The van der Waals surface area contributed by atoms with E-state index in [1.54, 1.807) is 40.2 Å². The average molecular weight is 408 g/mol. The zero-order chi connectivity index (χ0) is 22.6. The molecule has 0 aliphatic carbocycles. The van der Waals surface area contributed by atoms with E-state index in [-0.39, 0.29) is 5.91 Å². The Hall–Kier alpha value is -1.92. The van der Waals surface area contributed by atoms with E-state index in [4.69, 9.17) is 9.73 Å². The fourth-order valence-corrected chi connectivity index (χ4v) is 2.64. The number of carbonyl (C=O) groups is 1. The van der Waals surface area contributed by atoms with Crippen LogP contribution < -0.4 is 9.80 Å². The first kappa shape index (κ1) is 27.1. The fourth-order valence-electron chi connectivity index (χ4n) is 2.64. The average Bonchev–Trinajstić information content (AvgIpc) is 2.70. The Morgan fingerprint density at radius 3 is 2.17 bits per heavy atom. The van der Waals surface area contributed by atoms with E-state index in [1.165, 1.54) is 0 Å². The van der Waals surface area contributed by atoms with Gasteiger partial charge in [0.1, 0.15) is 0 Å². The van der Waals surface area contributed by atoms with E-state index in [1.807, 2.05) is 38.3 Å². The highest BCUT2D eigenvalue weighted by Gasteiger charge is 2.16. The first-order chi connectivity index (χ1) is 13.6. The van der Waals surface area contributed by atoms with Gasteiger partial charge in [-0.2, -0.15) is 0 Å². The van der Waals surface area contributed by atoms with Crippen LogP contribution in [0.3, 0.4) is 0 Å². The number of hydrogen-bond donors (Lipinski definition) is 0. The van der Waals surface area contributed by atoms with E-state index < -0.39 is 5.60 Å². The summed E-state index contributed by atoms with van der Waals surface area (Å²) in [5.41, 5.74) is 2.28. The third-order valence-electron chi connectivity index (χ3n) is 4.96. The number of amides is 1. The Balaban J connectivity index is 0.00000245. The molecule has 6 nitrogen and oxygen atoms in total. The molecule has 6 heteroatoms. The summed E-state index contributed by atoms with van der Waals surface area (Å²) < 4.78 is 9.70. The van der Waals surface area contributed by atoms with Crippen molar-refractivity contribution in [2.45, 2.75) is 53.1 Å². The van der Waals surface area contributed by atoms with E-state index >= 15 is 0 Å². The van der Waals surface area contributed by atoms with Crippen molar-refractivity contribution in [1.29, 1.82) is 0 Å². The van der Waals surface area contributed by atoms with Gasteiger partial charge < -0.3 is 19.3 Å². The lowest BCUT2D eigenvalue weighted by molar-refractivity contribution is -0.116. The third kappa shape index (κ3) is 9.41. The summed E-state index contributed by atoms with van der Waals surface area (Å²) in [5.74, 6) is 0.641. The normalized spacial score (nSPS) is 11.4. The molecule has 1 aromatic rings. The zero-order valence-corrected chi connectivity index (χ0v) is 20.1. The number of anilines is 2. The molecular weight excluding hydrogens is 366 g/mol. The van der Waals surface area contributed by atoms with Crippen molar-refractivity contribution >= 4 is 29.2 Å². The van der Waals surface area contributed by atoms with Crippen molar-refractivity contribution < 1.29 is 14.3 Å². The van der Waals surface area contributed by atoms with Crippen molar-refractivity contribution in [3.8, 4) is 0 Å². The van der Waals surface area contributed by atoms with Gasteiger partial charge in [0.2, 0.25) is 5.91 Å². The molecule has 1 aromatic carbocycles. The first-order valence-electron chi connectivity index (χ1n) is 10.2. The predicted octanol–water partition coefficient (Wildman–Crippen LogP) is 4.93. The summed E-state index contributed by atoms with van der Waals surface area (Å²) in [5, 5.41) is 0. The van der Waals surface area contributed by atoms with Crippen molar-refractivity contribution in [2.24, 2.45) is 10.9 Å². The quantitative estimate of drug-likeness (QED) is 0.545.